The Bertz CT molecular complexity index is 856. The van der Waals surface area contributed by atoms with Crippen molar-refractivity contribution in [3.63, 3.8) is 0 Å². The van der Waals surface area contributed by atoms with E-state index in [1.54, 1.807) is 16.2 Å². The first-order valence-electron chi connectivity index (χ1n) is 6.83. The van der Waals surface area contributed by atoms with Gasteiger partial charge in [0, 0.05) is 18.0 Å². The minimum atomic E-state index is -3.01. The van der Waals surface area contributed by atoms with Gasteiger partial charge in [-0.2, -0.15) is 0 Å². The molecule has 2 aliphatic heterocycles. The van der Waals surface area contributed by atoms with Crippen molar-refractivity contribution in [1.29, 1.82) is 0 Å². The highest BCUT2D eigenvalue weighted by Gasteiger charge is 2.49. The number of aromatic nitrogens is 1. The van der Waals surface area contributed by atoms with Crippen LogP contribution in [0.15, 0.2) is 18.2 Å². The van der Waals surface area contributed by atoms with Crippen molar-refractivity contribution >= 4 is 43.0 Å². The molecule has 1 amide bonds. The molecular weight excluding hydrogens is 308 g/mol. The molecule has 1 aromatic heterocycles. The monoisotopic (exact) mass is 322 g/mol. The minimum absolute atomic E-state index is 0.0282. The lowest BCUT2D eigenvalue weighted by Crippen LogP contribution is -2.36. The van der Waals surface area contributed by atoms with Gasteiger partial charge in [0.1, 0.15) is 0 Å². The van der Waals surface area contributed by atoms with E-state index in [1.807, 2.05) is 25.1 Å². The van der Waals surface area contributed by atoms with E-state index in [4.69, 9.17) is 0 Å². The van der Waals surface area contributed by atoms with E-state index in [2.05, 4.69) is 4.98 Å². The zero-order chi connectivity index (χ0) is 14.8. The molecule has 21 heavy (non-hydrogen) atoms. The van der Waals surface area contributed by atoms with Crippen LogP contribution in [0.3, 0.4) is 0 Å². The third-order valence-corrected chi connectivity index (χ3v) is 6.95. The third-order valence-electron chi connectivity index (χ3n) is 4.23. The minimum Gasteiger partial charge on any atom is -0.308 e. The van der Waals surface area contributed by atoms with Gasteiger partial charge in [0.15, 0.2) is 9.84 Å². The smallest absolute Gasteiger partial charge is 0.227 e. The van der Waals surface area contributed by atoms with Crippen molar-refractivity contribution in [2.24, 2.45) is 5.92 Å². The summed E-state index contributed by atoms with van der Waals surface area (Å²) in [5.41, 5.74) is 1.71. The molecule has 2 atom stereocenters. The van der Waals surface area contributed by atoms with Crippen molar-refractivity contribution in [2.45, 2.75) is 19.4 Å². The summed E-state index contributed by atoms with van der Waals surface area (Å²) in [6.45, 7) is 1.95. The molecule has 2 aromatic rings. The van der Waals surface area contributed by atoms with Gasteiger partial charge in [0.25, 0.3) is 0 Å². The molecule has 4 rings (SSSR count). The Morgan fingerprint density at radius 1 is 1.33 bits per heavy atom. The van der Waals surface area contributed by atoms with E-state index in [-0.39, 0.29) is 29.4 Å². The number of benzene rings is 1. The van der Waals surface area contributed by atoms with Crippen LogP contribution in [0.5, 0.6) is 0 Å². The SMILES string of the molecule is Cc1nc2ccc(N3C(=O)C[C@@H]4CS(=O)(=O)C[C@H]43)cc2s1. The van der Waals surface area contributed by atoms with Gasteiger partial charge in [0.05, 0.1) is 32.8 Å². The number of nitrogens with zero attached hydrogens (tertiary/aromatic N) is 2. The van der Waals surface area contributed by atoms with Gasteiger partial charge < -0.3 is 4.90 Å². The van der Waals surface area contributed by atoms with E-state index in [9.17, 15) is 13.2 Å². The van der Waals surface area contributed by atoms with Gasteiger partial charge in [-0.25, -0.2) is 13.4 Å². The fourth-order valence-electron chi connectivity index (χ4n) is 3.40. The van der Waals surface area contributed by atoms with E-state index >= 15 is 0 Å². The maximum atomic E-state index is 12.3. The Kier molecular flexibility index (Phi) is 2.68. The van der Waals surface area contributed by atoms with E-state index < -0.39 is 9.84 Å². The zero-order valence-electron chi connectivity index (χ0n) is 11.4. The number of sulfone groups is 1. The lowest BCUT2D eigenvalue weighted by Gasteiger charge is -2.23. The molecule has 5 nitrogen and oxygen atoms in total. The van der Waals surface area contributed by atoms with Gasteiger partial charge in [-0.3, -0.25) is 4.79 Å². The van der Waals surface area contributed by atoms with Crippen LogP contribution in [0.25, 0.3) is 10.2 Å². The topological polar surface area (TPSA) is 67.3 Å². The van der Waals surface area contributed by atoms with E-state index in [1.165, 1.54) is 0 Å². The van der Waals surface area contributed by atoms with Crippen LogP contribution in [-0.2, 0) is 14.6 Å². The Labute approximate surface area is 126 Å². The number of hydrogen-bond donors (Lipinski definition) is 0. The average Bonchev–Trinajstić information content (AvgIpc) is 2.96. The second-order valence-corrected chi connectivity index (χ2v) is 9.15. The van der Waals surface area contributed by atoms with Crippen LogP contribution in [-0.4, -0.2) is 36.9 Å². The van der Waals surface area contributed by atoms with Crippen LogP contribution in [0.2, 0.25) is 0 Å². The van der Waals surface area contributed by atoms with Crippen molar-refractivity contribution in [1.82, 2.24) is 4.98 Å². The predicted molar refractivity (Wildman–Crippen MR) is 82.4 cm³/mol. The largest absolute Gasteiger partial charge is 0.308 e. The maximum absolute atomic E-state index is 12.3. The molecule has 2 fully saturated rings. The first-order chi connectivity index (χ1) is 9.93. The lowest BCUT2D eigenvalue weighted by atomic mass is 10.0. The summed E-state index contributed by atoms with van der Waals surface area (Å²) >= 11 is 1.58. The zero-order valence-corrected chi connectivity index (χ0v) is 13.1. The molecular formula is C14H14N2O3S2. The number of carbonyl (C=O) groups excluding carboxylic acids is 1. The quantitative estimate of drug-likeness (QED) is 0.802. The summed E-state index contributed by atoms with van der Waals surface area (Å²) in [6, 6.07) is 5.52. The summed E-state index contributed by atoms with van der Waals surface area (Å²) in [5.74, 6) is 0.201. The number of amides is 1. The Hall–Kier alpha value is -1.47. The molecule has 0 saturated carbocycles. The number of thiazole rings is 1. The Morgan fingerprint density at radius 3 is 2.95 bits per heavy atom. The van der Waals surface area contributed by atoms with E-state index in [0.717, 1.165) is 20.9 Å². The highest BCUT2D eigenvalue weighted by Crippen LogP contribution is 2.38. The number of anilines is 1. The second kappa shape index (κ2) is 4.27. The molecule has 0 N–H and O–H groups in total. The molecule has 110 valence electrons. The van der Waals surface area contributed by atoms with Crippen LogP contribution in [0.4, 0.5) is 5.69 Å². The van der Waals surface area contributed by atoms with Crippen LogP contribution in [0.1, 0.15) is 11.4 Å². The van der Waals surface area contributed by atoms with Crippen molar-refractivity contribution < 1.29 is 13.2 Å². The number of fused-ring (bicyclic) bond motifs is 2. The number of rotatable bonds is 1. The number of hydrogen-bond acceptors (Lipinski definition) is 5. The standard InChI is InChI=1S/C14H14N2O3S2/c1-8-15-11-3-2-10(5-13(11)20-8)16-12-7-21(18,19)6-9(12)4-14(16)17/h2-3,5,9,12H,4,6-7H2,1H3/t9-,12-/m1/s1. The van der Waals surface area contributed by atoms with Gasteiger partial charge in [-0.1, -0.05) is 0 Å². The Balaban J connectivity index is 1.78. The molecule has 3 heterocycles. The Morgan fingerprint density at radius 2 is 2.14 bits per heavy atom. The fourth-order valence-corrected chi connectivity index (χ4v) is 6.33. The molecule has 7 heteroatoms. The van der Waals surface area contributed by atoms with Crippen molar-refractivity contribution in [2.75, 3.05) is 16.4 Å². The summed E-state index contributed by atoms with van der Waals surface area (Å²) in [4.78, 5) is 18.4. The van der Waals surface area contributed by atoms with Gasteiger partial charge in [-0.05, 0) is 25.1 Å². The summed E-state index contributed by atoms with van der Waals surface area (Å²) in [6.07, 6.45) is 0.337. The van der Waals surface area contributed by atoms with Gasteiger partial charge >= 0.3 is 0 Å². The number of carbonyl (C=O) groups is 1. The first kappa shape index (κ1) is 13.2. The third kappa shape index (κ3) is 2.06. The summed E-state index contributed by atoms with van der Waals surface area (Å²) in [7, 11) is -3.01. The average molecular weight is 322 g/mol. The molecule has 0 radical (unpaired) electrons. The molecule has 0 unspecified atom stereocenters. The molecule has 2 saturated heterocycles. The van der Waals surface area contributed by atoms with Crippen LogP contribution >= 0.6 is 11.3 Å². The van der Waals surface area contributed by atoms with E-state index in [0.29, 0.717) is 6.42 Å². The van der Waals surface area contributed by atoms with Crippen molar-refractivity contribution in [3.8, 4) is 0 Å². The summed E-state index contributed by atoms with van der Waals surface area (Å²) in [5, 5.41) is 0.983. The predicted octanol–water partition coefficient (Wildman–Crippen LogP) is 1.75. The highest BCUT2D eigenvalue weighted by atomic mass is 32.2. The van der Waals surface area contributed by atoms with Crippen molar-refractivity contribution in [3.05, 3.63) is 23.2 Å². The molecule has 0 spiro atoms. The second-order valence-electron chi connectivity index (χ2n) is 5.76. The molecule has 1 aromatic carbocycles. The normalized spacial score (nSPS) is 27.5. The maximum Gasteiger partial charge on any atom is 0.227 e. The number of aryl methyl sites for hydroxylation is 1. The molecule has 0 bridgehead atoms. The van der Waals surface area contributed by atoms with Gasteiger partial charge in [0.2, 0.25) is 5.91 Å². The fraction of sp³-hybridized carbons (Fsp3) is 0.429. The molecule has 0 aliphatic carbocycles. The van der Waals surface area contributed by atoms with Crippen LogP contribution < -0.4 is 4.90 Å². The highest BCUT2D eigenvalue weighted by molar-refractivity contribution is 7.91. The molecule has 2 aliphatic rings. The van der Waals surface area contributed by atoms with Crippen LogP contribution in [0, 0.1) is 12.8 Å². The van der Waals surface area contributed by atoms with Gasteiger partial charge in [-0.15, -0.1) is 11.3 Å². The first-order valence-corrected chi connectivity index (χ1v) is 9.46. The summed E-state index contributed by atoms with van der Waals surface area (Å²) < 4.78 is 24.6. The lowest BCUT2D eigenvalue weighted by molar-refractivity contribution is -0.117.